The van der Waals surface area contributed by atoms with E-state index < -0.39 is 17.2 Å². The quantitative estimate of drug-likeness (QED) is 0.525. The normalized spacial score (nSPS) is 11.2. The fourth-order valence-corrected chi connectivity index (χ4v) is 3.25. The van der Waals surface area contributed by atoms with Crippen LogP contribution in [0.1, 0.15) is 49.5 Å². The molecule has 3 rings (SSSR count). The monoisotopic (exact) mass is 452 g/mol. The smallest absolute Gasteiger partial charge is 0.374 e. The molecule has 0 unspecified atom stereocenters. The molecule has 150 valence electrons. The van der Waals surface area contributed by atoms with Gasteiger partial charge in [0.2, 0.25) is 5.76 Å². The summed E-state index contributed by atoms with van der Waals surface area (Å²) >= 11 is 3.13. The van der Waals surface area contributed by atoms with Crippen molar-refractivity contribution in [1.29, 1.82) is 0 Å². The Balaban J connectivity index is 2.00. The minimum Gasteiger partial charge on any atom is -0.452 e. The summed E-state index contributed by atoms with van der Waals surface area (Å²) in [5, 5.41) is 0. The van der Waals surface area contributed by atoms with Crippen molar-refractivity contribution in [3.8, 4) is 0 Å². The van der Waals surface area contributed by atoms with Gasteiger partial charge in [-0.05, 0) is 40.9 Å². The van der Waals surface area contributed by atoms with E-state index in [1.165, 1.54) is 10.6 Å². The Morgan fingerprint density at radius 2 is 2.00 bits per heavy atom. The van der Waals surface area contributed by atoms with E-state index in [4.69, 9.17) is 9.15 Å². The summed E-state index contributed by atoms with van der Waals surface area (Å²) in [6.45, 7) is 4.79. The van der Waals surface area contributed by atoms with Crippen LogP contribution in [-0.2, 0) is 24.4 Å². The Hall–Kier alpha value is -2.62. The van der Waals surface area contributed by atoms with Crippen molar-refractivity contribution < 1.29 is 13.9 Å². The molecule has 3 heterocycles. The number of aromatic amines is 1. The highest BCUT2D eigenvalue weighted by Crippen LogP contribution is 2.17. The van der Waals surface area contributed by atoms with Gasteiger partial charge in [-0.25, -0.2) is 14.6 Å². The molecule has 0 spiro atoms. The first-order valence-electron chi connectivity index (χ1n) is 9.10. The molecule has 0 radical (unpaired) electrons. The second-order valence-electron chi connectivity index (χ2n) is 6.30. The predicted octanol–water partition coefficient (Wildman–Crippen LogP) is 2.81. The lowest BCUT2D eigenvalue weighted by molar-refractivity contribution is 0.0420. The number of aryl methyl sites for hydroxylation is 2. The zero-order chi connectivity index (χ0) is 20.3. The Kier molecular flexibility index (Phi) is 6.18. The topological polar surface area (TPSA) is 112 Å². The molecule has 0 atom stereocenters. The first-order valence-corrected chi connectivity index (χ1v) is 9.90. The number of ether oxygens (including phenoxy) is 1. The number of H-pyrrole nitrogens is 1. The summed E-state index contributed by atoms with van der Waals surface area (Å²) in [6.07, 6.45) is 2.41. The fraction of sp³-hybridized carbons (Fsp3) is 0.444. The number of rotatable bonds is 8. The van der Waals surface area contributed by atoms with Gasteiger partial charge in [-0.1, -0.05) is 20.3 Å². The Labute approximate surface area is 168 Å². The molecule has 9 nitrogen and oxygen atoms in total. The maximum atomic E-state index is 12.4. The van der Waals surface area contributed by atoms with Gasteiger partial charge >= 0.3 is 11.7 Å². The van der Waals surface area contributed by atoms with Crippen LogP contribution in [0.4, 0.5) is 0 Å². The number of carbonyl (C=O) groups excluding carboxylic acids is 1. The van der Waals surface area contributed by atoms with Crippen molar-refractivity contribution in [3.63, 3.8) is 0 Å². The summed E-state index contributed by atoms with van der Waals surface area (Å²) in [6, 6.07) is 3.09. The number of nitrogens with one attached hydrogen (secondary N) is 1. The lowest BCUT2D eigenvalue weighted by atomic mass is 10.3. The molecular weight excluding hydrogens is 432 g/mol. The highest BCUT2D eigenvalue weighted by Gasteiger charge is 2.20. The summed E-state index contributed by atoms with van der Waals surface area (Å²) in [7, 11) is 0. The van der Waals surface area contributed by atoms with Gasteiger partial charge in [0.05, 0.1) is 0 Å². The van der Waals surface area contributed by atoms with Crippen molar-refractivity contribution in [2.75, 3.05) is 0 Å². The number of fused-ring (bicyclic) bond motifs is 1. The molecule has 0 saturated carbocycles. The van der Waals surface area contributed by atoms with Crippen molar-refractivity contribution in [3.05, 3.63) is 49.2 Å². The van der Waals surface area contributed by atoms with Crippen molar-refractivity contribution in [2.24, 2.45) is 0 Å². The van der Waals surface area contributed by atoms with Crippen LogP contribution < -0.4 is 11.2 Å². The van der Waals surface area contributed by atoms with Crippen LogP contribution in [0.15, 0.2) is 30.8 Å². The van der Waals surface area contributed by atoms with Crippen molar-refractivity contribution in [2.45, 2.75) is 52.8 Å². The second-order valence-corrected chi connectivity index (χ2v) is 7.08. The highest BCUT2D eigenvalue weighted by atomic mass is 79.9. The molecule has 3 aromatic rings. The molecule has 0 aliphatic carbocycles. The van der Waals surface area contributed by atoms with E-state index in [0.29, 0.717) is 34.7 Å². The molecule has 0 aliphatic rings. The second kappa shape index (κ2) is 8.59. The highest BCUT2D eigenvalue weighted by molar-refractivity contribution is 9.10. The third-order valence-electron chi connectivity index (χ3n) is 4.25. The zero-order valence-electron chi connectivity index (χ0n) is 15.7. The Morgan fingerprint density at radius 3 is 2.64 bits per heavy atom. The fourth-order valence-electron chi connectivity index (χ4n) is 2.94. The lowest BCUT2D eigenvalue weighted by Gasteiger charge is -2.08. The number of hydrogen-bond acceptors (Lipinski definition) is 6. The van der Waals surface area contributed by atoms with E-state index >= 15 is 0 Å². The Morgan fingerprint density at radius 1 is 1.21 bits per heavy atom. The average molecular weight is 453 g/mol. The molecule has 0 bridgehead atoms. The van der Waals surface area contributed by atoms with Gasteiger partial charge in [-0.15, -0.1) is 0 Å². The maximum absolute atomic E-state index is 12.4. The number of carbonyl (C=O) groups is 1. The SMILES string of the molecule is CCCCn1c(=O)[nH]c(=O)c2c1nc(COC(=O)c1ccc(Br)o1)n2CCC. The van der Waals surface area contributed by atoms with Gasteiger partial charge in [-0.2, -0.15) is 0 Å². The number of esters is 1. The number of halogens is 1. The zero-order valence-corrected chi connectivity index (χ0v) is 17.2. The average Bonchev–Trinajstić information content (AvgIpc) is 3.24. The summed E-state index contributed by atoms with van der Waals surface area (Å²) < 4.78 is 14.1. The largest absolute Gasteiger partial charge is 0.452 e. The van der Waals surface area contributed by atoms with Crippen LogP contribution in [0.25, 0.3) is 11.2 Å². The molecule has 0 fully saturated rings. The van der Waals surface area contributed by atoms with E-state index in [1.807, 2.05) is 13.8 Å². The molecule has 1 N–H and O–H groups in total. The number of unbranched alkanes of at least 4 members (excludes halogenated alkanes) is 1. The van der Waals surface area contributed by atoms with Crippen LogP contribution in [0.5, 0.6) is 0 Å². The molecule has 10 heteroatoms. The van der Waals surface area contributed by atoms with Gasteiger partial charge in [-0.3, -0.25) is 14.3 Å². The van der Waals surface area contributed by atoms with E-state index in [-0.39, 0.29) is 12.4 Å². The summed E-state index contributed by atoms with van der Waals surface area (Å²) in [5.41, 5.74) is -0.371. The number of nitrogens with zero attached hydrogens (tertiary/aromatic N) is 3. The van der Waals surface area contributed by atoms with E-state index in [0.717, 1.165) is 19.3 Å². The van der Waals surface area contributed by atoms with Gasteiger partial charge < -0.3 is 13.7 Å². The minimum atomic E-state index is -0.641. The number of hydrogen-bond donors (Lipinski definition) is 1. The van der Waals surface area contributed by atoms with Gasteiger partial charge in [0.15, 0.2) is 15.8 Å². The van der Waals surface area contributed by atoms with E-state index in [1.54, 1.807) is 10.6 Å². The molecule has 28 heavy (non-hydrogen) atoms. The standard InChI is InChI=1S/C18H21BrN4O5/c1-3-5-9-23-15-14(16(24)21-18(23)26)22(8-4-2)13(20-15)10-27-17(25)11-6-7-12(19)28-11/h6-7H,3-5,8-10H2,1-2H3,(H,21,24,26). The van der Waals surface area contributed by atoms with E-state index in [9.17, 15) is 14.4 Å². The molecular formula is C18H21BrN4O5. The molecule has 0 aliphatic heterocycles. The maximum Gasteiger partial charge on any atom is 0.374 e. The molecule has 0 saturated heterocycles. The number of aromatic nitrogens is 4. The third-order valence-corrected chi connectivity index (χ3v) is 4.68. The van der Waals surface area contributed by atoms with Gasteiger partial charge in [0.25, 0.3) is 5.56 Å². The predicted molar refractivity (Wildman–Crippen MR) is 105 cm³/mol. The third kappa shape index (κ3) is 3.96. The van der Waals surface area contributed by atoms with Gasteiger partial charge in [0, 0.05) is 13.1 Å². The van der Waals surface area contributed by atoms with Crippen molar-refractivity contribution >= 4 is 33.1 Å². The van der Waals surface area contributed by atoms with E-state index in [2.05, 4.69) is 25.9 Å². The van der Waals surface area contributed by atoms with Crippen LogP contribution >= 0.6 is 15.9 Å². The lowest BCUT2D eigenvalue weighted by Crippen LogP contribution is -2.31. The van der Waals surface area contributed by atoms with Crippen LogP contribution in [0.3, 0.4) is 0 Å². The first-order chi connectivity index (χ1) is 13.5. The molecule has 3 aromatic heterocycles. The van der Waals surface area contributed by atoms with Gasteiger partial charge in [0.1, 0.15) is 12.4 Å². The number of furan rings is 1. The van der Waals surface area contributed by atoms with Crippen LogP contribution in [0, 0.1) is 0 Å². The summed E-state index contributed by atoms with van der Waals surface area (Å²) in [5.74, 6) is -0.182. The number of imidazole rings is 1. The first kappa shape index (κ1) is 20.1. The Bertz CT molecular complexity index is 1110. The summed E-state index contributed by atoms with van der Waals surface area (Å²) in [4.78, 5) is 43.7. The molecule has 0 aromatic carbocycles. The van der Waals surface area contributed by atoms with Crippen LogP contribution in [-0.4, -0.2) is 25.1 Å². The molecule has 0 amide bonds. The van der Waals surface area contributed by atoms with Crippen molar-refractivity contribution in [1.82, 2.24) is 19.1 Å². The minimum absolute atomic E-state index is 0.0581. The van der Waals surface area contributed by atoms with Crippen LogP contribution in [0.2, 0.25) is 0 Å².